The molecule has 1 aliphatic rings. The fourth-order valence-corrected chi connectivity index (χ4v) is 2.42. The Bertz CT molecular complexity index is 321. The summed E-state index contributed by atoms with van der Waals surface area (Å²) in [7, 11) is -3.21. The van der Waals surface area contributed by atoms with E-state index in [1.165, 1.54) is 12.8 Å². The van der Waals surface area contributed by atoms with E-state index in [-0.39, 0.29) is 0 Å². The van der Waals surface area contributed by atoms with Gasteiger partial charge in [-0.25, -0.2) is 8.42 Å². The highest BCUT2D eigenvalue weighted by Crippen LogP contribution is 2.08. The van der Waals surface area contributed by atoms with Crippen LogP contribution in [0.25, 0.3) is 0 Å². The first-order valence-corrected chi connectivity index (χ1v) is 7.71. The molecule has 1 saturated heterocycles. The smallest absolute Gasteiger partial charge is 0.235 e. The number of hydrogen-bond donors (Lipinski definition) is 2. The van der Waals surface area contributed by atoms with Gasteiger partial charge in [0.2, 0.25) is 5.91 Å². The Morgan fingerprint density at radius 2 is 2.19 bits per heavy atom. The number of sulfone groups is 1. The molecule has 0 radical (unpaired) electrons. The van der Waals surface area contributed by atoms with Gasteiger partial charge in [0.05, 0.1) is 0 Å². The lowest BCUT2D eigenvalue weighted by Gasteiger charge is -2.23. The normalized spacial score (nSPS) is 21.7. The highest BCUT2D eigenvalue weighted by Gasteiger charge is 2.13. The maximum atomic E-state index is 11.2. The molecule has 0 aromatic carbocycles. The molecule has 0 saturated carbocycles. The Hall–Kier alpha value is -0.620. The predicted octanol–water partition coefficient (Wildman–Crippen LogP) is -0.321. The molecule has 1 rings (SSSR count). The first-order valence-electron chi connectivity index (χ1n) is 5.65. The lowest BCUT2D eigenvalue weighted by atomic mass is 10.0. The van der Waals surface area contributed by atoms with Crippen LogP contribution in [0.2, 0.25) is 0 Å². The minimum Gasteiger partial charge on any atom is -0.355 e. The second kappa shape index (κ2) is 6.20. The number of nitrogens with one attached hydrogen (secondary N) is 2. The van der Waals surface area contributed by atoms with Crippen LogP contribution < -0.4 is 10.6 Å². The van der Waals surface area contributed by atoms with E-state index in [4.69, 9.17) is 0 Å². The number of carbonyl (C=O) groups excluding carboxylic acids is 1. The van der Waals surface area contributed by atoms with Crippen LogP contribution in [0.3, 0.4) is 0 Å². The molecule has 1 amide bonds. The first-order chi connectivity index (χ1) is 7.47. The summed E-state index contributed by atoms with van der Waals surface area (Å²) in [6.45, 7) is 1.59. The van der Waals surface area contributed by atoms with Crippen molar-refractivity contribution in [2.24, 2.45) is 0 Å². The topological polar surface area (TPSA) is 75.3 Å². The van der Waals surface area contributed by atoms with Gasteiger partial charge in [0.25, 0.3) is 0 Å². The summed E-state index contributed by atoms with van der Waals surface area (Å²) in [5.74, 6) is -0.816. The molecule has 1 fully saturated rings. The molecule has 1 atom stereocenters. The summed E-state index contributed by atoms with van der Waals surface area (Å²) < 4.78 is 21.7. The van der Waals surface area contributed by atoms with E-state index >= 15 is 0 Å². The third-order valence-corrected chi connectivity index (χ3v) is 3.41. The van der Waals surface area contributed by atoms with Gasteiger partial charge >= 0.3 is 0 Å². The summed E-state index contributed by atoms with van der Waals surface area (Å²) in [5.41, 5.74) is 0. The van der Waals surface area contributed by atoms with Gasteiger partial charge in [-0.2, -0.15) is 0 Å². The second-order valence-corrected chi connectivity index (χ2v) is 6.50. The van der Waals surface area contributed by atoms with Crippen LogP contribution in [0.1, 0.15) is 25.7 Å². The summed E-state index contributed by atoms with van der Waals surface area (Å²) in [6, 6.07) is 0.465. The maximum absolute atomic E-state index is 11.2. The number of piperidine rings is 1. The first kappa shape index (κ1) is 13.4. The van der Waals surface area contributed by atoms with Crippen LogP contribution in [-0.4, -0.2) is 45.5 Å². The maximum Gasteiger partial charge on any atom is 0.235 e. The van der Waals surface area contributed by atoms with E-state index < -0.39 is 21.5 Å². The predicted molar refractivity (Wildman–Crippen MR) is 63.0 cm³/mol. The average Bonchev–Trinajstić information content (AvgIpc) is 2.16. The number of hydrogen-bond acceptors (Lipinski definition) is 4. The van der Waals surface area contributed by atoms with Crippen molar-refractivity contribution in [3.8, 4) is 0 Å². The van der Waals surface area contributed by atoms with Crippen LogP contribution in [0.4, 0.5) is 0 Å². The third-order valence-electron chi connectivity index (χ3n) is 2.62. The molecule has 6 heteroatoms. The number of carbonyl (C=O) groups is 1. The van der Waals surface area contributed by atoms with E-state index in [1.54, 1.807) is 0 Å². The van der Waals surface area contributed by atoms with Gasteiger partial charge in [-0.05, 0) is 25.8 Å². The Labute approximate surface area is 96.9 Å². The molecule has 1 unspecified atom stereocenters. The van der Waals surface area contributed by atoms with Crippen molar-refractivity contribution in [2.75, 3.05) is 25.1 Å². The third kappa shape index (κ3) is 6.07. The molecule has 1 aliphatic heterocycles. The molecule has 16 heavy (non-hydrogen) atoms. The quantitative estimate of drug-likeness (QED) is 0.699. The van der Waals surface area contributed by atoms with E-state index in [9.17, 15) is 13.2 Å². The molecule has 2 N–H and O–H groups in total. The van der Waals surface area contributed by atoms with Gasteiger partial charge in [-0.1, -0.05) is 6.42 Å². The monoisotopic (exact) mass is 248 g/mol. The fraction of sp³-hybridized carbons (Fsp3) is 0.900. The Balaban J connectivity index is 2.12. The molecule has 1 heterocycles. The van der Waals surface area contributed by atoms with Crippen molar-refractivity contribution >= 4 is 15.7 Å². The van der Waals surface area contributed by atoms with Gasteiger partial charge in [-0.15, -0.1) is 0 Å². The Kier molecular flexibility index (Phi) is 5.21. The Morgan fingerprint density at radius 3 is 2.75 bits per heavy atom. The van der Waals surface area contributed by atoms with E-state index in [0.717, 1.165) is 25.6 Å². The van der Waals surface area contributed by atoms with E-state index in [1.807, 2.05) is 0 Å². The van der Waals surface area contributed by atoms with Crippen molar-refractivity contribution < 1.29 is 13.2 Å². The lowest BCUT2D eigenvalue weighted by molar-refractivity contribution is -0.118. The van der Waals surface area contributed by atoms with Gasteiger partial charge in [0, 0.05) is 18.8 Å². The molecular weight excluding hydrogens is 228 g/mol. The summed E-state index contributed by atoms with van der Waals surface area (Å²) in [5, 5.41) is 6.00. The molecule has 0 aromatic heterocycles. The van der Waals surface area contributed by atoms with Gasteiger partial charge < -0.3 is 10.6 Å². The fourth-order valence-electron chi connectivity index (χ4n) is 1.85. The molecule has 94 valence electrons. The summed E-state index contributed by atoms with van der Waals surface area (Å²) >= 11 is 0. The van der Waals surface area contributed by atoms with E-state index in [0.29, 0.717) is 12.6 Å². The molecule has 0 bridgehead atoms. The molecule has 0 spiro atoms. The van der Waals surface area contributed by atoms with Gasteiger partial charge in [0.1, 0.15) is 5.75 Å². The van der Waals surface area contributed by atoms with Crippen LogP contribution in [0.5, 0.6) is 0 Å². The minimum atomic E-state index is -3.21. The van der Waals surface area contributed by atoms with Crippen molar-refractivity contribution in [3.63, 3.8) is 0 Å². The van der Waals surface area contributed by atoms with Gasteiger partial charge in [-0.3, -0.25) is 4.79 Å². The highest BCUT2D eigenvalue weighted by atomic mass is 32.2. The summed E-state index contributed by atoms with van der Waals surface area (Å²) in [6.07, 6.45) is 5.53. The highest BCUT2D eigenvalue weighted by molar-refractivity contribution is 7.91. The molecular formula is C10H20N2O3S. The van der Waals surface area contributed by atoms with Crippen molar-refractivity contribution in [3.05, 3.63) is 0 Å². The zero-order chi connectivity index (χ0) is 12.0. The minimum absolute atomic E-state index is 0.404. The largest absolute Gasteiger partial charge is 0.355 e. The second-order valence-electron chi connectivity index (χ2n) is 4.36. The van der Waals surface area contributed by atoms with Crippen LogP contribution >= 0.6 is 0 Å². The number of amides is 1. The molecule has 0 aliphatic carbocycles. The average molecular weight is 248 g/mol. The zero-order valence-corrected chi connectivity index (χ0v) is 10.5. The Morgan fingerprint density at radius 1 is 1.44 bits per heavy atom. The van der Waals surface area contributed by atoms with Crippen LogP contribution in [0.15, 0.2) is 0 Å². The zero-order valence-electron chi connectivity index (χ0n) is 9.66. The van der Waals surface area contributed by atoms with Crippen molar-refractivity contribution in [1.29, 1.82) is 0 Å². The summed E-state index contributed by atoms with van der Waals surface area (Å²) in [4.78, 5) is 11.2. The van der Waals surface area contributed by atoms with Crippen molar-refractivity contribution in [2.45, 2.75) is 31.7 Å². The molecule has 5 nitrogen and oxygen atoms in total. The van der Waals surface area contributed by atoms with Crippen molar-refractivity contribution in [1.82, 2.24) is 10.6 Å². The standard InChI is InChI=1S/C10H20N2O3S/c1-16(14,15)8-10(13)12-7-5-9-4-2-3-6-11-9/h9,11H,2-8H2,1H3,(H,12,13). The molecule has 0 aromatic rings. The van der Waals surface area contributed by atoms with Crippen LogP contribution in [-0.2, 0) is 14.6 Å². The van der Waals surface area contributed by atoms with E-state index in [2.05, 4.69) is 10.6 Å². The van der Waals surface area contributed by atoms with Crippen LogP contribution in [0, 0.1) is 0 Å². The number of rotatable bonds is 5. The SMILES string of the molecule is CS(=O)(=O)CC(=O)NCCC1CCCCN1. The lowest BCUT2D eigenvalue weighted by Crippen LogP contribution is -2.38. The van der Waals surface area contributed by atoms with Gasteiger partial charge in [0.15, 0.2) is 9.84 Å².